The van der Waals surface area contributed by atoms with E-state index in [9.17, 15) is 0 Å². The number of hydrogen-bond donors (Lipinski definition) is 1. The van der Waals surface area contributed by atoms with Crippen molar-refractivity contribution in [2.24, 2.45) is 0 Å². The van der Waals surface area contributed by atoms with Gasteiger partial charge in [-0.2, -0.15) is 0 Å². The molecule has 2 unspecified atom stereocenters. The lowest BCUT2D eigenvalue weighted by Gasteiger charge is -2.13. The predicted octanol–water partition coefficient (Wildman–Crippen LogP) is 2.27. The molecule has 0 aromatic heterocycles. The van der Waals surface area contributed by atoms with Crippen LogP contribution in [0.3, 0.4) is 0 Å². The molecular formula is C9H13NS. The SMILES string of the molecule is CC1=CCC2NC(C)SC2=C1. The van der Waals surface area contributed by atoms with Gasteiger partial charge in [-0.25, -0.2) is 0 Å². The van der Waals surface area contributed by atoms with Crippen molar-refractivity contribution in [1.29, 1.82) is 0 Å². The predicted molar refractivity (Wildman–Crippen MR) is 50.4 cm³/mol. The third-order valence-corrected chi connectivity index (χ3v) is 3.30. The van der Waals surface area contributed by atoms with Crippen LogP contribution in [-0.2, 0) is 0 Å². The Morgan fingerprint density at radius 2 is 2.45 bits per heavy atom. The summed E-state index contributed by atoms with van der Waals surface area (Å²) >= 11 is 1.96. The number of thioether (sulfide) groups is 1. The van der Waals surface area contributed by atoms with Crippen LogP contribution < -0.4 is 5.32 Å². The van der Waals surface area contributed by atoms with E-state index in [0.717, 1.165) is 0 Å². The summed E-state index contributed by atoms with van der Waals surface area (Å²) in [5, 5.41) is 4.13. The molecule has 1 nitrogen and oxygen atoms in total. The highest BCUT2D eigenvalue weighted by atomic mass is 32.2. The van der Waals surface area contributed by atoms with E-state index in [1.807, 2.05) is 11.8 Å². The first kappa shape index (κ1) is 7.44. The molecule has 0 aromatic carbocycles. The Bertz CT molecular complexity index is 230. The second kappa shape index (κ2) is 2.68. The lowest BCUT2D eigenvalue weighted by Crippen LogP contribution is -2.27. The molecule has 0 aromatic rings. The summed E-state index contributed by atoms with van der Waals surface area (Å²) in [5.74, 6) is 0. The molecule has 0 amide bonds. The largest absolute Gasteiger partial charge is 0.298 e. The van der Waals surface area contributed by atoms with Crippen LogP contribution in [-0.4, -0.2) is 11.4 Å². The van der Waals surface area contributed by atoms with Crippen molar-refractivity contribution < 1.29 is 0 Å². The molecule has 2 rings (SSSR count). The Morgan fingerprint density at radius 3 is 3.27 bits per heavy atom. The topological polar surface area (TPSA) is 12.0 Å². The van der Waals surface area contributed by atoms with Gasteiger partial charge < -0.3 is 0 Å². The average molecular weight is 167 g/mol. The summed E-state index contributed by atoms with van der Waals surface area (Å²) in [5.41, 5.74) is 1.42. The lowest BCUT2D eigenvalue weighted by atomic mass is 10.0. The maximum atomic E-state index is 3.53. The van der Waals surface area contributed by atoms with E-state index in [1.165, 1.54) is 16.9 Å². The molecule has 1 fully saturated rings. The van der Waals surface area contributed by atoms with Crippen molar-refractivity contribution in [2.75, 3.05) is 0 Å². The van der Waals surface area contributed by atoms with Crippen LogP contribution in [0.25, 0.3) is 0 Å². The molecule has 2 heteroatoms. The molecule has 1 aliphatic carbocycles. The van der Waals surface area contributed by atoms with Gasteiger partial charge in [0.2, 0.25) is 0 Å². The highest BCUT2D eigenvalue weighted by Gasteiger charge is 2.26. The monoisotopic (exact) mass is 167 g/mol. The summed E-state index contributed by atoms with van der Waals surface area (Å²) in [6, 6.07) is 0.624. The molecule has 0 spiro atoms. The van der Waals surface area contributed by atoms with Gasteiger partial charge in [0.25, 0.3) is 0 Å². The Kier molecular flexibility index (Phi) is 1.81. The zero-order valence-corrected chi connectivity index (χ0v) is 7.74. The van der Waals surface area contributed by atoms with Crippen LogP contribution in [0.15, 0.2) is 22.6 Å². The first-order chi connectivity index (χ1) is 5.25. The molecule has 1 heterocycles. The van der Waals surface area contributed by atoms with Crippen LogP contribution in [0.2, 0.25) is 0 Å². The van der Waals surface area contributed by atoms with Gasteiger partial charge in [-0.15, -0.1) is 11.8 Å². The minimum absolute atomic E-state index is 0.602. The Hall–Kier alpha value is -0.210. The van der Waals surface area contributed by atoms with Crippen LogP contribution in [0.5, 0.6) is 0 Å². The van der Waals surface area contributed by atoms with Crippen molar-refractivity contribution >= 4 is 11.8 Å². The molecule has 60 valence electrons. The van der Waals surface area contributed by atoms with Crippen molar-refractivity contribution in [3.63, 3.8) is 0 Å². The summed E-state index contributed by atoms with van der Waals surface area (Å²) in [7, 11) is 0. The molecule has 2 aliphatic rings. The van der Waals surface area contributed by atoms with Crippen LogP contribution >= 0.6 is 11.8 Å². The minimum atomic E-state index is 0.602. The maximum Gasteiger partial charge on any atom is 0.0553 e. The van der Waals surface area contributed by atoms with Gasteiger partial charge >= 0.3 is 0 Å². The fourth-order valence-electron chi connectivity index (χ4n) is 1.59. The first-order valence-electron chi connectivity index (χ1n) is 4.07. The number of fused-ring (bicyclic) bond motifs is 1. The minimum Gasteiger partial charge on any atom is -0.298 e. The summed E-state index contributed by atoms with van der Waals surface area (Å²) < 4.78 is 0. The van der Waals surface area contributed by atoms with E-state index in [1.54, 1.807) is 0 Å². The number of nitrogens with one attached hydrogen (secondary N) is 1. The zero-order chi connectivity index (χ0) is 7.84. The van der Waals surface area contributed by atoms with E-state index in [2.05, 4.69) is 31.3 Å². The molecule has 1 N–H and O–H groups in total. The van der Waals surface area contributed by atoms with Crippen molar-refractivity contribution in [1.82, 2.24) is 5.32 Å². The average Bonchev–Trinajstić information content (AvgIpc) is 2.27. The Labute approximate surface area is 71.9 Å². The number of rotatable bonds is 0. The van der Waals surface area contributed by atoms with Crippen LogP contribution in [0, 0.1) is 0 Å². The van der Waals surface area contributed by atoms with E-state index < -0.39 is 0 Å². The molecule has 1 aliphatic heterocycles. The van der Waals surface area contributed by atoms with Gasteiger partial charge in [0, 0.05) is 10.9 Å². The standard InChI is InChI=1S/C9H13NS/c1-6-3-4-8-9(5-6)11-7(2)10-8/h3,5,7-8,10H,4H2,1-2H3. The molecule has 0 bridgehead atoms. The molecule has 11 heavy (non-hydrogen) atoms. The van der Waals surface area contributed by atoms with Crippen LogP contribution in [0.4, 0.5) is 0 Å². The van der Waals surface area contributed by atoms with Gasteiger partial charge in [0.05, 0.1) is 5.37 Å². The third-order valence-electron chi connectivity index (χ3n) is 2.14. The summed E-state index contributed by atoms with van der Waals surface area (Å²) in [6.07, 6.45) is 5.78. The van der Waals surface area contributed by atoms with Crippen molar-refractivity contribution in [2.45, 2.75) is 31.7 Å². The van der Waals surface area contributed by atoms with E-state index in [0.29, 0.717) is 11.4 Å². The van der Waals surface area contributed by atoms with Gasteiger partial charge in [-0.1, -0.05) is 11.6 Å². The fourth-order valence-corrected chi connectivity index (χ4v) is 2.81. The maximum absolute atomic E-state index is 3.53. The first-order valence-corrected chi connectivity index (χ1v) is 4.95. The molecule has 1 saturated heterocycles. The van der Waals surface area contributed by atoms with Crippen molar-refractivity contribution in [3.8, 4) is 0 Å². The molecule has 0 saturated carbocycles. The highest BCUT2D eigenvalue weighted by molar-refractivity contribution is 8.04. The lowest BCUT2D eigenvalue weighted by molar-refractivity contribution is 0.608. The second-order valence-corrected chi connectivity index (χ2v) is 4.62. The smallest absolute Gasteiger partial charge is 0.0553 e. The Balaban J connectivity index is 2.20. The second-order valence-electron chi connectivity index (χ2n) is 3.21. The number of hydrogen-bond acceptors (Lipinski definition) is 2. The molecular weight excluding hydrogens is 154 g/mol. The third kappa shape index (κ3) is 1.37. The normalized spacial score (nSPS) is 36.2. The Morgan fingerprint density at radius 1 is 1.64 bits per heavy atom. The summed E-state index contributed by atoms with van der Waals surface area (Å²) in [6.45, 7) is 4.39. The number of allylic oxidation sites excluding steroid dienone is 2. The van der Waals surface area contributed by atoms with E-state index in [-0.39, 0.29) is 0 Å². The quantitative estimate of drug-likeness (QED) is 0.594. The molecule has 0 radical (unpaired) electrons. The van der Waals surface area contributed by atoms with Crippen molar-refractivity contribution in [3.05, 3.63) is 22.6 Å². The molecule has 2 atom stereocenters. The van der Waals surface area contributed by atoms with E-state index in [4.69, 9.17) is 0 Å². The van der Waals surface area contributed by atoms with Gasteiger partial charge in [0.15, 0.2) is 0 Å². The highest BCUT2D eigenvalue weighted by Crippen LogP contribution is 2.35. The van der Waals surface area contributed by atoms with Gasteiger partial charge in [-0.05, 0) is 26.3 Å². The fraction of sp³-hybridized carbons (Fsp3) is 0.556. The van der Waals surface area contributed by atoms with Gasteiger partial charge in [-0.3, -0.25) is 5.32 Å². The van der Waals surface area contributed by atoms with E-state index >= 15 is 0 Å². The van der Waals surface area contributed by atoms with Crippen LogP contribution in [0.1, 0.15) is 20.3 Å². The van der Waals surface area contributed by atoms with Gasteiger partial charge in [0.1, 0.15) is 0 Å². The zero-order valence-electron chi connectivity index (χ0n) is 6.92. The summed E-state index contributed by atoms with van der Waals surface area (Å²) in [4.78, 5) is 1.53.